The summed E-state index contributed by atoms with van der Waals surface area (Å²) < 4.78 is 0.869. The van der Waals surface area contributed by atoms with Gasteiger partial charge in [0.1, 0.15) is 0 Å². The van der Waals surface area contributed by atoms with Gasteiger partial charge in [0, 0.05) is 29.0 Å². The van der Waals surface area contributed by atoms with Crippen molar-refractivity contribution in [3.63, 3.8) is 0 Å². The molecule has 86 valence electrons. The third-order valence-corrected chi connectivity index (χ3v) is 4.35. The summed E-state index contributed by atoms with van der Waals surface area (Å²) in [4.78, 5) is 6.84. The van der Waals surface area contributed by atoms with E-state index in [1.54, 1.807) is 22.7 Å². The Bertz CT molecular complexity index is 408. The van der Waals surface area contributed by atoms with E-state index in [0.29, 0.717) is 0 Å². The number of aromatic nitrogens is 1. The van der Waals surface area contributed by atoms with Crippen LogP contribution in [0.2, 0.25) is 4.34 Å². The Morgan fingerprint density at radius 3 is 2.81 bits per heavy atom. The van der Waals surface area contributed by atoms with Crippen molar-refractivity contribution in [3.8, 4) is 0 Å². The van der Waals surface area contributed by atoms with Crippen molar-refractivity contribution in [2.75, 3.05) is 6.54 Å². The number of halogens is 1. The molecule has 2 rings (SSSR count). The van der Waals surface area contributed by atoms with Crippen LogP contribution in [0.15, 0.2) is 18.3 Å². The van der Waals surface area contributed by atoms with Crippen molar-refractivity contribution in [1.82, 2.24) is 10.3 Å². The molecule has 0 amide bonds. The molecule has 0 aliphatic rings. The number of thiophene rings is 1. The number of aryl methyl sites for hydroxylation is 1. The zero-order chi connectivity index (χ0) is 11.4. The summed E-state index contributed by atoms with van der Waals surface area (Å²) in [5.74, 6) is 0. The lowest BCUT2D eigenvalue weighted by atomic mass is 10.3. The Kier molecular flexibility index (Phi) is 4.35. The molecule has 0 bridgehead atoms. The molecule has 0 saturated heterocycles. The van der Waals surface area contributed by atoms with Crippen LogP contribution < -0.4 is 5.32 Å². The minimum atomic E-state index is 0.869. The molecule has 0 aromatic carbocycles. The van der Waals surface area contributed by atoms with Crippen molar-refractivity contribution < 1.29 is 0 Å². The molecular formula is C11H13ClN2S2. The molecule has 0 saturated carbocycles. The summed E-state index contributed by atoms with van der Waals surface area (Å²) in [6, 6.07) is 4.04. The van der Waals surface area contributed by atoms with E-state index in [1.165, 1.54) is 9.75 Å². The van der Waals surface area contributed by atoms with Crippen LogP contribution in [0, 0.1) is 6.92 Å². The quantitative estimate of drug-likeness (QED) is 0.843. The molecule has 0 spiro atoms. The van der Waals surface area contributed by atoms with Gasteiger partial charge < -0.3 is 5.32 Å². The summed E-state index contributed by atoms with van der Waals surface area (Å²) >= 11 is 9.26. The van der Waals surface area contributed by atoms with E-state index in [9.17, 15) is 0 Å². The van der Waals surface area contributed by atoms with Crippen molar-refractivity contribution >= 4 is 34.3 Å². The predicted octanol–water partition coefficient (Wildman–Crippen LogP) is 3.50. The van der Waals surface area contributed by atoms with Crippen LogP contribution in [0.4, 0.5) is 0 Å². The van der Waals surface area contributed by atoms with E-state index in [0.717, 1.165) is 28.9 Å². The van der Waals surface area contributed by atoms with Gasteiger partial charge in [0.25, 0.3) is 0 Å². The fourth-order valence-corrected chi connectivity index (χ4v) is 3.25. The normalized spacial score (nSPS) is 10.9. The average Bonchev–Trinajstić information content (AvgIpc) is 2.83. The lowest BCUT2D eigenvalue weighted by Crippen LogP contribution is -2.15. The van der Waals surface area contributed by atoms with Gasteiger partial charge in [0.2, 0.25) is 0 Å². The van der Waals surface area contributed by atoms with Crippen LogP contribution in [0.3, 0.4) is 0 Å². The van der Waals surface area contributed by atoms with E-state index >= 15 is 0 Å². The molecule has 2 heterocycles. The fourth-order valence-electron chi connectivity index (χ4n) is 1.40. The van der Waals surface area contributed by atoms with Gasteiger partial charge in [-0.25, -0.2) is 4.98 Å². The number of thiazole rings is 1. The van der Waals surface area contributed by atoms with E-state index < -0.39 is 0 Å². The summed E-state index contributed by atoms with van der Waals surface area (Å²) in [6.07, 6.45) is 2.98. The van der Waals surface area contributed by atoms with Crippen LogP contribution in [-0.4, -0.2) is 11.5 Å². The lowest BCUT2D eigenvalue weighted by Gasteiger charge is -2.00. The molecule has 16 heavy (non-hydrogen) atoms. The maximum absolute atomic E-state index is 5.86. The number of hydrogen-bond donors (Lipinski definition) is 1. The number of nitrogens with one attached hydrogen (secondary N) is 1. The summed E-state index contributed by atoms with van der Waals surface area (Å²) in [6.45, 7) is 3.92. The Labute approximate surface area is 108 Å². The van der Waals surface area contributed by atoms with E-state index in [2.05, 4.69) is 16.4 Å². The zero-order valence-corrected chi connectivity index (χ0v) is 11.4. The van der Waals surface area contributed by atoms with Crippen LogP contribution in [0.1, 0.15) is 14.8 Å². The molecule has 0 atom stereocenters. The van der Waals surface area contributed by atoms with Crippen molar-refractivity contribution in [2.45, 2.75) is 19.9 Å². The molecule has 1 N–H and O–H groups in total. The molecule has 5 heteroatoms. The monoisotopic (exact) mass is 272 g/mol. The first-order valence-electron chi connectivity index (χ1n) is 5.10. The molecule has 0 fully saturated rings. The molecule has 0 aliphatic heterocycles. The first kappa shape index (κ1) is 12.0. The molecular weight excluding hydrogens is 260 g/mol. The predicted molar refractivity (Wildman–Crippen MR) is 71.6 cm³/mol. The highest BCUT2D eigenvalue weighted by Gasteiger charge is 1.99. The van der Waals surface area contributed by atoms with Crippen LogP contribution in [-0.2, 0) is 13.0 Å². The van der Waals surface area contributed by atoms with Gasteiger partial charge in [0.15, 0.2) is 0 Å². The zero-order valence-electron chi connectivity index (χ0n) is 9.00. The Balaban J connectivity index is 1.69. The lowest BCUT2D eigenvalue weighted by molar-refractivity contribution is 0.696. The van der Waals surface area contributed by atoms with E-state index in [1.807, 2.05) is 19.2 Å². The molecule has 0 aliphatic carbocycles. The van der Waals surface area contributed by atoms with Crippen LogP contribution >= 0.6 is 34.3 Å². The topological polar surface area (TPSA) is 24.9 Å². The Morgan fingerprint density at radius 1 is 1.31 bits per heavy atom. The summed E-state index contributed by atoms with van der Waals surface area (Å²) in [5.41, 5.74) is 0. The van der Waals surface area contributed by atoms with Gasteiger partial charge in [0.05, 0.1) is 9.34 Å². The maximum atomic E-state index is 5.86. The molecule has 2 aromatic rings. The molecule has 2 aromatic heterocycles. The third-order valence-electron chi connectivity index (χ3n) is 2.15. The average molecular weight is 273 g/mol. The van der Waals surface area contributed by atoms with Gasteiger partial charge in [-0.3, -0.25) is 0 Å². The second kappa shape index (κ2) is 5.77. The number of nitrogens with zero attached hydrogens (tertiary/aromatic N) is 1. The van der Waals surface area contributed by atoms with Gasteiger partial charge in [-0.15, -0.1) is 22.7 Å². The Hall–Kier alpha value is -0.420. The van der Waals surface area contributed by atoms with Gasteiger partial charge in [-0.1, -0.05) is 11.6 Å². The second-order valence-corrected chi connectivity index (χ2v) is 6.60. The van der Waals surface area contributed by atoms with Gasteiger partial charge in [-0.2, -0.15) is 0 Å². The van der Waals surface area contributed by atoms with Crippen LogP contribution in [0.25, 0.3) is 0 Å². The standard InChI is InChI=1S/C11H13ClN2S2/c1-8-14-7-10(15-8)6-13-5-4-9-2-3-11(12)16-9/h2-3,7,13H,4-6H2,1H3. The first-order valence-corrected chi connectivity index (χ1v) is 7.11. The van der Waals surface area contributed by atoms with Gasteiger partial charge >= 0.3 is 0 Å². The van der Waals surface area contributed by atoms with E-state index in [4.69, 9.17) is 11.6 Å². The third kappa shape index (κ3) is 3.56. The van der Waals surface area contributed by atoms with E-state index in [-0.39, 0.29) is 0 Å². The highest BCUT2D eigenvalue weighted by molar-refractivity contribution is 7.16. The smallest absolute Gasteiger partial charge is 0.0931 e. The minimum Gasteiger partial charge on any atom is -0.311 e. The number of rotatable bonds is 5. The largest absolute Gasteiger partial charge is 0.311 e. The van der Waals surface area contributed by atoms with Gasteiger partial charge in [-0.05, 0) is 25.5 Å². The summed E-state index contributed by atoms with van der Waals surface area (Å²) in [5, 5.41) is 4.53. The fraction of sp³-hybridized carbons (Fsp3) is 0.364. The highest BCUT2D eigenvalue weighted by atomic mass is 35.5. The SMILES string of the molecule is Cc1ncc(CNCCc2ccc(Cl)s2)s1. The first-order chi connectivity index (χ1) is 7.74. The molecule has 0 unspecified atom stereocenters. The number of hydrogen-bond acceptors (Lipinski definition) is 4. The van der Waals surface area contributed by atoms with Crippen molar-refractivity contribution in [3.05, 3.63) is 37.4 Å². The molecule has 0 radical (unpaired) electrons. The van der Waals surface area contributed by atoms with Crippen LogP contribution in [0.5, 0.6) is 0 Å². The second-order valence-electron chi connectivity index (χ2n) is 3.48. The highest BCUT2D eigenvalue weighted by Crippen LogP contribution is 2.21. The maximum Gasteiger partial charge on any atom is 0.0931 e. The van der Waals surface area contributed by atoms with Crippen molar-refractivity contribution in [2.24, 2.45) is 0 Å². The van der Waals surface area contributed by atoms with Crippen molar-refractivity contribution in [1.29, 1.82) is 0 Å². The molecule has 2 nitrogen and oxygen atoms in total. The Morgan fingerprint density at radius 2 is 2.19 bits per heavy atom. The summed E-state index contributed by atoms with van der Waals surface area (Å²) in [7, 11) is 0. The minimum absolute atomic E-state index is 0.869.